The molecular formula is C18H17N7O. The Hall–Kier alpha value is -3.68. The summed E-state index contributed by atoms with van der Waals surface area (Å²) >= 11 is 0. The molecule has 1 aromatic carbocycles. The standard InChI is InChI=1S/C18H17N7O/c1-12-8-16(20-10-13-11-21-25-7-3-6-19-17(13)25)24-18(22-12)23-14-4-2-5-15(26)9-14/h2-9,11,26H,10H2,1H3,(H2,20,22,23,24). The van der Waals surface area contributed by atoms with Crippen LogP contribution in [0.2, 0.25) is 0 Å². The number of nitrogens with one attached hydrogen (secondary N) is 2. The molecular weight excluding hydrogens is 330 g/mol. The van der Waals surface area contributed by atoms with Gasteiger partial charge >= 0.3 is 0 Å². The van der Waals surface area contributed by atoms with E-state index in [0.29, 0.717) is 24.0 Å². The largest absolute Gasteiger partial charge is 0.508 e. The smallest absolute Gasteiger partial charge is 0.229 e. The predicted molar refractivity (Wildman–Crippen MR) is 98.5 cm³/mol. The average molecular weight is 347 g/mol. The fraction of sp³-hybridized carbons (Fsp3) is 0.111. The van der Waals surface area contributed by atoms with Crippen molar-refractivity contribution in [3.8, 4) is 5.75 Å². The minimum atomic E-state index is 0.182. The molecule has 0 saturated carbocycles. The van der Waals surface area contributed by atoms with Gasteiger partial charge in [0.05, 0.1) is 6.20 Å². The summed E-state index contributed by atoms with van der Waals surface area (Å²) in [4.78, 5) is 13.2. The highest BCUT2D eigenvalue weighted by atomic mass is 16.3. The van der Waals surface area contributed by atoms with E-state index >= 15 is 0 Å². The fourth-order valence-electron chi connectivity index (χ4n) is 2.61. The number of benzene rings is 1. The monoisotopic (exact) mass is 347 g/mol. The van der Waals surface area contributed by atoms with Gasteiger partial charge in [0.15, 0.2) is 5.65 Å². The third-order valence-electron chi connectivity index (χ3n) is 3.77. The van der Waals surface area contributed by atoms with E-state index in [1.54, 1.807) is 35.1 Å². The third-order valence-corrected chi connectivity index (χ3v) is 3.77. The van der Waals surface area contributed by atoms with Crippen molar-refractivity contribution in [1.82, 2.24) is 24.6 Å². The number of hydrogen-bond donors (Lipinski definition) is 3. The van der Waals surface area contributed by atoms with Gasteiger partial charge < -0.3 is 15.7 Å². The van der Waals surface area contributed by atoms with Gasteiger partial charge in [0.1, 0.15) is 11.6 Å². The molecule has 0 aliphatic carbocycles. The van der Waals surface area contributed by atoms with E-state index in [2.05, 4.69) is 30.7 Å². The number of phenolic OH excluding ortho intramolecular Hbond substituents is 1. The highest BCUT2D eigenvalue weighted by Crippen LogP contribution is 2.20. The van der Waals surface area contributed by atoms with E-state index < -0.39 is 0 Å². The lowest BCUT2D eigenvalue weighted by Crippen LogP contribution is -2.05. The van der Waals surface area contributed by atoms with E-state index in [9.17, 15) is 5.11 Å². The van der Waals surface area contributed by atoms with Gasteiger partial charge in [-0.15, -0.1) is 0 Å². The van der Waals surface area contributed by atoms with Crippen molar-refractivity contribution < 1.29 is 5.11 Å². The van der Waals surface area contributed by atoms with Crippen LogP contribution in [0.3, 0.4) is 0 Å². The van der Waals surface area contributed by atoms with Crippen molar-refractivity contribution in [2.24, 2.45) is 0 Å². The minimum Gasteiger partial charge on any atom is -0.508 e. The van der Waals surface area contributed by atoms with Crippen LogP contribution in [0.4, 0.5) is 17.5 Å². The Kier molecular flexibility index (Phi) is 4.06. The summed E-state index contributed by atoms with van der Waals surface area (Å²) in [5, 5.41) is 20.2. The molecule has 4 rings (SSSR count). The topological polar surface area (TPSA) is 100 Å². The quantitative estimate of drug-likeness (QED) is 0.510. The van der Waals surface area contributed by atoms with Crippen LogP contribution in [0.15, 0.2) is 55.0 Å². The van der Waals surface area contributed by atoms with Crippen LogP contribution in [0.5, 0.6) is 5.75 Å². The molecule has 0 amide bonds. The Balaban J connectivity index is 1.52. The molecule has 0 bridgehead atoms. The minimum absolute atomic E-state index is 0.182. The van der Waals surface area contributed by atoms with Gasteiger partial charge in [-0.3, -0.25) is 0 Å². The van der Waals surface area contributed by atoms with Crippen molar-refractivity contribution in [3.63, 3.8) is 0 Å². The van der Waals surface area contributed by atoms with E-state index in [1.165, 1.54) is 0 Å². The molecule has 0 unspecified atom stereocenters. The first-order valence-corrected chi connectivity index (χ1v) is 8.10. The van der Waals surface area contributed by atoms with Crippen LogP contribution >= 0.6 is 0 Å². The van der Waals surface area contributed by atoms with Crippen LogP contribution in [0.25, 0.3) is 5.65 Å². The lowest BCUT2D eigenvalue weighted by atomic mass is 10.3. The van der Waals surface area contributed by atoms with Gasteiger partial charge in [0, 0.05) is 48.0 Å². The van der Waals surface area contributed by atoms with Crippen LogP contribution < -0.4 is 10.6 Å². The Labute approximate surface area is 149 Å². The predicted octanol–water partition coefficient (Wildman–Crippen LogP) is 2.89. The number of phenols is 1. The molecule has 130 valence electrons. The summed E-state index contributed by atoms with van der Waals surface area (Å²) in [5.74, 6) is 1.33. The molecule has 0 fully saturated rings. The summed E-state index contributed by atoms with van der Waals surface area (Å²) in [7, 11) is 0. The molecule has 3 heterocycles. The number of fused-ring (bicyclic) bond motifs is 1. The third kappa shape index (κ3) is 3.39. The molecule has 8 nitrogen and oxygen atoms in total. The SMILES string of the molecule is Cc1cc(NCc2cnn3cccnc23)nc(Nc2cccc(O)c2)n1. The molecule has 0 saturated heterocycles. The van der Waals surface area contributed by atoms with Crippen molar-refractivity contribution in [3.05, 3.63) is 66.2 Å². The summed E-state index contributed by atoms with van der Waals surface area (Å²) in [6, 6.07) is 10.5. The van der Waals surface area contributed by atoms with Gasteiger partial charge in [-0.1, -0.05) is 6.07 Å². The zero-order chi connectivity index (χ0) is 17.9. The maximum absolute atomic E-state index is 9.57. The summed E-state index contributed by atoms with van der Waals surface area (Å²) in [6.45, 7) is 2.44. The van der Waals surface area contributed by atoms with E-state index in [0.717, 1.165) is 16.9 Å². The summed E-state index contributed by atoms with van der Waals surface area (Å²) in [6.07, 6.45) is 5.39. The highest BCUT2D eigenvalue weighted by Gasteiger charge is 2.07. The van der Waals surface area contributed by atoms with Crippen molar-refractivity contribution >= 4 is 23.1 Å². The number of aryl methyl sites for hydroxylation is 1. The Morgan fingerprint density at radius 2 is 2.08 bits per heavy atom. The molecule has 3 aromatic heterocycles. The Morgan fingerprint density at radius 1 is 1.15 bits per heavy atom. The molecule has 0 radical (unpaired) electrons. The summed E-state index contributed by atoms with van der Waals surface area (Å²) < 4.78 is 1.73. The van der Waals surface area contributed by atoms with Crippen LogP contribution in [-0.4, -0.2) is 29.7 Å². The zero-order valence-electron chi connectivity index (χ0n) is 14.1. The van der Waals surface area contributed by atoms with Gasteiger partial charge in [-0.2, -0.15) is 10.1 Å². The normalized spacial score (nSPS) is 10.8. The second kappa shape index (κ2) is 6.67. The molecule has 0 aliphatic heterocycles. The van der Waals surface area contributed by atoms with Crippen LogP contribution in [0, 0.1) is 6.92 Å². The second-order valence-corrected chi connectivity index (χ2v) is 5.80. The lowest BCUT2D eigenvalue weighted by Gasteiger charge is -2.10. The number of rotatable bonds is 5. The average Bonchev–Trinajstić information content (AvgIpc) is 3.03. The first-order chi connectivity index (χ1) is 12.7. The first kappa shape index (κ1) is 15.8. The number of aromatic nitrogens is 5. The number of nitrogens with zero attached hydrogens (tertiary/aromatic N) is 5. The molecule has 3 N–H and O–H groups in total. The Bertz CT molecular complexity index is 1060. The maximum atomic E-state index is 9.57. The lowest BCUT2D eigenvalue weighted by molar-refractivity contribution is 0.475. The van der Waals surface area contributed by atoms with Gasteiger partial charge in [0.25, 0.3) is 0 Å². The van der Waals surface area contributed by atoms with E-state index in [-0.39, 0.29) is 5.75 Å². The maximum Gasteiger partial charge on any atom is 0.229 e. The first-order valence-electron chi connectivity index (χ1n) is 8.10. The van der Waals surface area contributed by atoms with E-state index in [1.807, 2.05) is 31.3 Å². The molecule has 4 aromatic rings. The molecule has 26 heavy (non-hydrogen) atoms. The Morgan fingerprint density at radius 3 is 2.96 bits per heavy atom. The zero-order valence-corrected chi connectivity index (χ0v) is 14.1. The molecule has 0 aliphatic rings. The number of aromatic hydroxyl groups is 1. The van der Waals surface area contributed by atoms with Crippen molar-refractivity contribution in [2.45, 2.75) is 13.5 Å². The van der Waals surface area contributed by atoms with Gasteiger partial charge in [-0.25, -0.2) is 14.5 Å². The van der Waals surface area contributed by atoms with Gasteiger partial charge in [0.2, 0.25) is 5.95 Å². The highest BCUT2D eigenvalue weighted by molar-refractivity contribution is 5.57. The second-order valence-electron chi connectivity index (χ2n) is 5.80. The van der Waals surface area contributed by atoms with Crippen LogP contribution in [0.1, 0.15) is 11.3 Å². The van der Waals surface area contributed by atoms with Crippen LogP contribution in [-0.2, 0) is 6.54 Å². The van der Waals surface area contributed by atoms with Crippen molar-refractivity contribution in [1.29, 1.82) is 0 Å². The van der Waals surface area contributed by atoms with Crippen molar-refractivity contribution in [2.75, 3.05) is 10.6 Å². The number of hydrogen-bond acceptors (Lipinski definition) is 7. The summed E-state index contributed by atoms with van der Waals surface area (Å²) in [5.41, 5.74) is 3.32. The molecule has 8 heteroatoms. The molecule has 0 spiro atoms. The van der Waals surface area contributed by atoms with E-state index in [4.69, 9.17) is 0 Å². The fourth-order valence-corrected chi connectivity index (χ4v) is 2.61. The molecule has 0 atom stereocenters. The number of anilines is 3. The van der Waals surface area contributed by atoms with Gasteiger partial charge in [-0.05, 0) is 25.1 Å².